The highest BCUT2D eigenvalue weighted by Crippen LogP contribution is 2.47. The van der Waals surface area contributed by atoms with Crippen molar-refractivity contribution in [2.75, 3.05) is 7.05 Å². The molecule has 1 fully saturated rings. The lowest BCUT2D eigenvalue weighted by Crippen LogP contribution is -2.41. The summed E-state index contributed by atoms with van der Waals surface area (Å²) in [6.45, 7) is 3.73. The van der Waals surface area contributed by atoms with Gasteiger partial charge < -0.3 is 9.47 Å². The van der Waals surface area contributed by atoms with Crippen molar-refractivity contribution in [1.82, 2.24) is 4.31 Å². The summed E-state index contributed by atoms with van der Waals surface area (Å²) in [6.07, 6.45) is -0.944. The Bertz CT molecular complexity index is 657. The van der Waals surface area contributed by atoms with Crippen LogP contribution in [-0.4, -0.2) is 36.3 Å². The van der Waals surface area contributed by atoms with Gasteiger partial charge in [-0.05, 0) is 25.0 Å². The Balaban J connectivity index is 2.53. The third-order valence-corrected chi connectivity index (χ3v) is 5.61. The summed E-state index contributed by atoms with van der Waals surface area (Å²) in [7, 11) is -3.27. The second-order valence-electron chi connectivity index (χ2n) is 5.29. The van der Waals surface area contributed by atoms with Crippen LogP contribution in [0.4, 0.5) is 0 Å². The van der Waals surface area contributed by atoms with Crippen LogP contribution in [0, 0.1) is 0 Å². The van der Waals surface area contributed by atoms with Gasteiger partial charge in [-0.3, -0.25) is 4.55 Å². The van der Waals surface area contributed by atoms with Crippen LogP contribution in [0.25, 0.3) is 0 Å². The first-order valence-corrected chi connectivity index (χ1v) is 9.30. The molecule has 0 aliphatic carbocycles. The zero-order chi connectivity index (χ0) is 17.4. The largest absolute Gasteiger partial charge is 0.338 e. The summed E-state index contributed by atoms with van der Waals surface area (Å²) in [5.74, 6) is -0.975. The second-order valence-corrected chi connectivity index (χ2v) is 7.58. The molecule has 23 heavy (non-hydrogen) atoms. The van der Waals surface area contributed by atoms with E-state index < -0.39 is 28.4 Å². The van der Waals surface area contributed by atoms with Crippen molar-refractivity contribution < 1.29 is 22.4 Å². The molecule has 0 amide bonds. The molecule has 1 N–H and O–H groups in total. The minimum Gasteiger partial charge on any atom is -0.338 e. The van der Waals surface area contributed by atoms with E-state index in [2.05, 4.69) is 0 Å². The Hall–Kier alpha value is -0.410. The van der Waals surface area contributed by atoms with Gasteiger partial charge in [-0.2, -0.15) is 12.7 Å². The van der Waals surface area contributed by atoms with Crippen molar-refractivity contribution in [3.05, 3.63) is 33.8 Å². The molecule has 1 aromatic carbocycles. The van der Waals surface area contributed by atoms with Crippen molar-refractivity contribution in [2.24, 2.45) is 0 Å². The first kappa shape index (κ1) is 18.9. The van der Waals surface area contributed by atoms with E-state index in [1.54, 1.807) is 18.2 Å². The zero-order valence-corrected chi connectivity index (χ0v) is 15.3. The van der Waals surface area contributed by atoms with Gasteiger partial charge in [-0.1, -0.05) is 43.1 Å². The Morgan fingerprint density at radius 2 is 1.74 bits per heavy atom. The molecule has 0 saturated carbocycles. The van der Waals surface area contributed by atoms with Gasteiger partial charge in [0.2, 0.25) is 0 Å². The van der Waals surface area contributed by atoms with Crippen molar-refractivity contribution >= 4 is 33.5 Å². The highest BCUT2D eigenvalue weighted by atomic mass is 35.5. The molecular formula is C14H19Cl2NO5S. The number of hydrogen-bond acceptors (Lipinski definition) is 4. The molecule has 0 bridgehead atoms. The monoisotopic (exact) mass is 383 g/mol. The van der Waals surface area contributed by atoms with Crippen LogP contribution in [0.15, 0.2) is 18.2 Å². The molecule has 1 aliphatic rings. The molecule has 2 atom stereocenters. The minimum absolute atomic E-state index is 0.336. The van der Waals surface area contributed by atoms with Gasteiger partial charge in [0.05, 0.1) is 0 Å². The summed E-state index contributed by atoms with van der Waals surface area (Å²) >= 11 is 12.4. The summed E-state index contributed by atoms with van der Waals surface area (Å²) in [6, 6.07) is 4.95. The van der Waals surface area contributed by atoms with E-state index >= 15 is 0 Å². The summed E-state index contributed by atoms with van der Waals surface area (Å²) < 4.78 is 45.0. The van der Waals surface area contributed by atoms with E-state index in [1.165, 1.54) is 7.05 Å². The highest BCUT2D eigenvalue weighted by Gasteiger charge is 2.51. The fourth-order valence-corrected chi connectivity index (χ4v) is 3.59. The smallest absolute Gasteiger partial charge is 0.337 e. The standard InChI is InChI=1S/C14H19Cl2NO5S/c1-4-14(5-2)21-12(11-9(15)7-6-8-10(11)16)13(22-14)17(3)23(18,19)20/h6-8,12-13H,4-5H2,1-3H3,(H,18,19,20). The van der Waals surface area contributed by atoms with Crippen LogP contribution in [0.5, 0.6) is 0 Å². The highest BCUT2D eigenvalue weighted by molar-refractivity contribution is 7.83. The first-order chi connectivity index (χ1) is 10.6. The number of benzene rings is 1. The Labute approximate surface area is 146 Å². The first-order valence-electron chi connectivity index (χ1n) is 7.15. The van der Waals surface area contributed by atoms with E-state index in [1.807, 2.05) is 13.8 Å². The average molecular weight is 384 g/mol. The Morgan fingerprint density at radius 1 is 1.22 bits per heavy atom. The van der Waals surface area contributed by atoms with Crippen LogP contribution >= 0.6 is 23.2 Å². The van der Waals surface area contributed by atoms with Gasteiger partial charge in [0.15, 0.2) is 12.0 Å². The molecule has 130 valence electrons. The molecular weight excluding hydrogens is 365 g/mol. The van der Waals surface area contributed by atoms with Gasteiger partial charge in [-0.15, -0.1) is 0 Å². The lowest BCUT2D eigenvalue weighted by Gasteiger charge is -2.26. The van der Waals surface area contributed by atoms with Gasteiger partial charge in [0.25, 0.3) is 0 Å². The second kappa shape index (κ2) is 6.84. The molecule has 1 aliphatic heterocycles. The van der Waals surface area contributed by atoms with Crippen LogP contribution < -0.4 is 0 Å². The number of halogens is 2. The van der Waals surface area contributed by atoms with E-state index in [-0.39, 0.29) is 0 Å². The van der Waals surface area contributed by atoms with Crippen LogP contribution in [0.3, 0.4) is 0 Å². The van der Waals surface area contributed by atoms with Crippen molar-refractivity contribution in [3.8, 4) is 0 Å². The van der Waals surface area contributed by atoms with Crippen LogP contribution in [-0.2, 0) is 19.8 Å². The summed E-state index contributed by atoms with van der Waals surface area (Å²) in [5.41, 5.74) is 0.431. The van der Waals surface area contributed by atoms with Crippen molar-refractivity contribution in [3.63, 3.8) is 0 Å². The summed E-state index contributed by atoms with van der Waals surface area (Å²) in [5, 5.41) is 0.672. The predicted octanol–water partition coefficient (Wildman–Crippen LogP) is 3.66. The molecule has 0 spiro atoms. The number of likely N-dealkylation sites (N-methyl/N-ethyl adjacent to an activating group) is 1. The fourth-order valence-electron chi connectivity index (χ4n) is 2.56. The van der Waals surface area contributed by atoms with Crippen LogP contribution in [0.2, 0.25) is 10.0 Å². The third-order valence-electron chi connectivity index (χ3n) is 4.02. The van der Waals surface area contributed by atoms with E-state index in [9.17, 15) is 13.0 Å². The number of rotatable bonds is 5. The van der Waals surface area contributed by atoms with Crippen molar-refractivity contribution in [1.29, 1.82) is 0 Å². The Morgan fingerprint density at radius 3 is 2.17 bits per heavy atom. The molecule has 6 nitrogen and oxygen atoms in total. The molecule has 1 aromatic rings. The molecule has 0 aromatic heterocycles. The van der Waals surface area contributed by atoms with E-state index in [4.69, 9.17) is 32.7 Å². The number of hydrogen-bond donors (Lipinski definition) is 1. The maximum atomic E-state index is 11.5. The number of ether oxygens (including phenoxy) is 2. The minimum atomic E-state index is -4.48. The van der Waals surface area contributed by atoms with Gasteiger partial charge >= 0.3 is 10.3 Å². The van der Waals surface area contributed by atoms with Gasteiger partial charge in [0, 0.05) is 22.7 Å². The summed E-state index contributed by atoms with van der Waals surface area (Å²) in [4.78, 5) is 0. The maximum absolute atomic E-state index is 11.5. The topological polar surface area (TPSA) is 76.1 Å². The SMILES string of the molecule is CCC1(CC)OC(c2c(Cl)cccc2Cl)C(N(C)S(=O)(=O)O)O1. The predicted molar refractivity (Wildman–Crippen MR) is 87.8 cm³/mol. The Kier molecular flexibility index (Phi) is 5.62. The zero-order valence-electron chi connectivity index (χ0n) is 13.0. The molecule has 0 radical (unpaired) electrons. The van der Waals surface area contributed by atoms with E-state index in [0.717, 1.165) is 0 Å². The van der Waals surface area contributed by atoms with Gasteiger partial charge in [-0.25, -0.2) is 0 Å². The quantitative estimate of drug-likeness (QED) is 0.785. The molecule has 9 heteroatoms. The molecule has 2 unspecified atom stereocenters. The number of nitrogens with zero attached hydrogens (tertiary/aromatic N) is 1. The molecule has 1 saturated heterocycles. The van der Waals surface area contributed by atoms with Crippen molar-refractivity contribution in [2.45, 2.75) is 44.8 Å². The van der Waals surface area contributed by atoms with Crippen LogP contribution in [0.1, 0.15) is 38.4 Å². The lowest BCUT2D eigenvalue weighted by atomic mass is 10.1. The molecule has 2 rings (SSSR count). The maximum Gasteiger partial charge on any atom is 0.337 e. The van der Waals surface area contributed by atoms with Gasteiger partial charge in [0.1, 0.15) is 6.10 Å². The normalized spacial score (nSPS) is 24.3. The third kappa shape index (κ3) is 3.66. The average Bonchev–Trinajstić information content (AvgIpc) is 2.85. The fraction of sp³-hybridized carbons (Fsp3) is 0.571. The van der Waals surface area contributed by atoms with E-state index in [0.29, 0.717) is 32.8 Å². The molecule has 1 heterocycles. The lowest BCUT2D eigenvalue weighted by molar-refractivity contribution is -0.186.